The van der Waals surface area contributed by atoms with E-state index in [1.165, 1.54) is 29.2 Å². The Bertz CT molecular complexity index is 1160. The topological polar surface area (TPSA) is 60.0 Å². The molecule has 3 aromatic rings. The molecule has 0 aliphatic heterocycles. The molecular weight excluding hydrogens is 614 g/mol. The van der Waals surface area contributed by atoms with Crippen LogP contribution in [0.15, 0.2) is 72.8 Å². The Labute approximate surface area is 233 Å². The zero-order chi connectivity index (χ0) is 26.3. The summed E-state index contributed by atoms with van der Waals surface area (Å²) in [7, 11) is 0. The number of ether oxygens (including phenoxy) is 3. The van der Waals surface area contributed by atoms with E-state index in [1.54, 1.807) is 45.0 Å². The summed E-state index contributed by atoms with van der Waals surface area (Å²) in [5.41, 5.74) is 0.833. The van der Waals surface area contributed by atoms with Crippen LogP contribution in [0.2, 0.25) is 0 Å². The first-order valence-electron chi connectivity index (χ1n) is 10.8. The Morgan fingerprint density at radius 1 is 0.889 bits per heavy atom. The van der Waals surface area contributed by atoms with Crippen molar-refractivity contribution in [2.75, 3.05) is 4.90 Å². The molecule has 0 fully saturated rings. The molecule has 0 bridgehead atoms. The van der Waals surface area contributed by atoms with Gasteiger partial charge in [-0.2, -0.15) is 0 Å². The van der Waals surface area contributed by atoms with E-state index in [9.17, 15) is 9.18 Å². The van der Waals surface area contributed by atoms with Crippen molar-refractivity contribution in [3.05, 3.63) is 87.7 Å². The quantitative estimate of drug-likeness (QED) is 0.239. The lowest BCUT2D eigenvalue weighted by Gasteiger charge is -2.25. The van der Waals surface area contributed by atoms with Gasteiger partial charge in [-0.3, -0.25) is 0 Å². The van der Waals surface area contributed by atoms with Gasteiger partial charge in [0.2, 0.25) is 0 Å². The fourth-order valence-electron chi connectivity index (χ4n) is 2.83. The minimum atomic E-state index is -0.582. The summed E-state index contributed by atoms with van der Waals surface area (Å²) in [6, 6.07) is 20.0. The molecule has 0 aromatic heterocycles. The van der Waals surface area contributed by atoms with Crippen LogP contribution in [0.25, 0.3) is 0 Å². The van der Waals surface area contributed by atoms with Crippen molar-refractivity contribution in [1.29, 1.82) is 0 Å². The van der Waals surface area contributed by atoms with Crippen molar-refractivity contribution in [2.45, 2.75) is 32.9 Å². The van der Waals surface area contributed by atoms with Gasteiger partial charge in [-0.25, -0.2) is 14.1 Å². The van der Waals surface area contributed by atoms with Crippen molar-refractivity contribution in [2.24, 2.45) is 0 Å². The molecule has 0 unspecified atom stereocenters. The zero-order valence-electron chi connectivity index (χ0n) is 19.8. The first-order chi connectivity index (χ1) is 17.0. The smallest absolute Gasteiger partial charge is 0.407 e. The average Bonchev–Trinajstić information content (AvgIpc) is 2.80. The van der Waals surface area contributed by atoms with Crippen LogP contribution in [0.1, 0.15) is 26.3 Å². The van der Waals surface area contributed by atoms with Gasteiger partial charge in [0.15, 0.2) is 0 Å². The number of amides is 1. The number of hydrogen-bond acceptors (Lipinski definition) is 6. The maximum atomic E-state index is 13.3. The van der Waals surface area contributed by atoms with Gasteiger partial charge >= 0.3 is 6.09 Å². The SMILES string of the molecule is CC(C)(C)OC(=O)NCc1ccc(N(C(=S)Oc2ccc(F)cc2)C(=S)Oc2ccc(I)cc2)cc1. The Balaban J connectivity index is 1.78. The first kappa shape index (κ1) is 27.8. The van der Waals surface area contributed by atoms with Crippen LogP contribution >= 0.6 is 47.0 Å². The minimum absolute atomic E-state index is 0.00301. The highest BCUT2D eigenvalue weighted by Crippen LogP contribution is 2.22. The predicted molar refractivity (Wildman–Crippen MR) is 154 cm³/mol. The predicted octanol–water partition coefficient (Wildman–Crippen LogP) is 6.99. The molecule has 10 heteroatoms. The zero-order valence-corrected chi connectivity index (χ0v) is 23.6. The number of anilines is 1. The molecule has 1 amide bonds. The van der Waals surface area contributed by atoms with Gasteiger partial charge in [-0.1, -0.05) is 12.1 Å². The average molecular weight is 639 g/mol. The van der Waals surface area contributed by atoms with Crippen molar-refractivity contribution < 1.29 is 23.4 Å². The lowest BCUT2D eigenvalue weighted by atomic mass is 10.2. The lowest BCUT2D eigenvalue weighted by Crippen LogP contribution is -2.40. The van der Waals surface area contributed by atoms with Crippen LogP contribution in [0.3, 0.4) is 0 Å². The van der Waals surface area contributed by atoms with Gasteiger partial charge in [0, 0.05) is 10.1 Å². The third-order valence-corrected chi connectivity index (χ3v) is 5.68. The van der Waals surface area contributed by atoms with Crippen molar-refractivity contribution in [3.8, 4) is 11.5 Å². The van der Waals surface area contributed by atoms with Crippen molar-refractivity contribution in [1.82, 2.24) is 5.32 Å². The van der Waals surface area contributed by atoms with E-state index in [0.29, 0.717) is 17.2 Å². The van der Waals surface area contributed by atoms with Crippen molar-refractivity contribution in [3.63, 3.8) is 0 Å². The number of hydrogen-bond donors (Lipinski definition) is 1. The number of alkyl carbamates (subject to hydrolysis) is 1. The maximum absolute atomic E-state index is 13.3. The van der Waals surface area contributed by atoms with Crippen LogP contribution < -0.4 is 19.7 Å². The van der Waals surface area contributed by atoms with E-state index < -0.39 is 17.5 Å². The van der Waals surface area contributed by atoms with Gasteiger partial charge in [-0.05, 0) is 134 Å². The number of nitrogens with one attached hydrogen (secondary N) is 1. The Hall–Kier alpha value is -2.83. The van der Waals surface area contributed by atoms with Crippen molar-refractivity contribution >= 4 is 69.2 Å². The van der Waals surface area contributed by atoms with Gasteiger partial charge < -0.3 is 19.5 Å². The molecule has 0 aliphatic carbocycles. The molecule has 0 radical (unpaired) electrons. The number of carbonyl (C=O) groups is 1. The van der Waals surface area contributed by atoms with Gasteiger partial charge in [0.25, 0.3) is 10.3 Å². The highest BCUT2D eigenvalue weighted by molar-refractivity contribution is 14.1. The second-order valence-electron chi connectivity index (χ2n) is 8.50. The summed E-state index contributed by atoms with van der Waals surface area (Å²) in [6.07, 6.45) is -0.505. The van der Waals surface area contributed by atoms with Gasteiger partial charge in [0.1, 0.15) is 22.9 Å². The molecule has 0 heterocycles. The van der Waals surface area contributed by atoms with E-state index >= 15 is 0 Å². The highest BCUT2D eigenvalue weighted by Gasteiger charge is 2.22. The van der Waals surface area contributed by atoms with Crippen LogP contribution in [-0.4, -0.2) is 22.0 Å². The third kappa shape index (κ3) is 8.68. The largest absolute Gasteiger partial charge is 0.444 e. The Morgan fingerprint density at radius 3 is 1.89 bits per heavy atom. The molecule has 3 rings (SSSR count). The lowest BCUT2D eigenvalue weighted by molar-refractivity contribution is 0.0523. The molecule has 0 spiro atoms. The number of benzene rings is 3. The molecule has 1 N–H and O–H groups in total. The second-order valence-corrected chi connectivity index (χ2v) is 10.4. The molecule has 0 aliphatic rings. The fourth-order valence-corrected chi connectivity index (χ4v) is 3.82. The van der Waals surface area contributed by atoms with Crippen LogP contribution in [0, 0.1) is 9.39 Å². The summed E-state index contributed by atoms with van der Waals surface area (Å²) < 4.78 is 31.3. The molecule has 188 valence electrons. The summed E-state index contributed by atoms with van der Waals surface area (Å²) in [4.78, 5) is 13.4. The number of rotatable bonds is 5. The monoisotopic (exact) mass is 638 g/mol. The molecular formula is C26H24FIN2O4S2. The first-order valence-corrected chi connectivity index (χ1v) is 12.7. The van der Waals surface area contributed by atoms with Crippen LogP contribution in [0.4, 0.5) is 14.9 Å². The molecule has 6 nitrogen and oxygen atoms in total. The summed E-state index contributed by atoms with van der Waals surface area (Å²) >= 11 is 13.3. The van der Waals surface area contributed by atoms with E-state index in [-0.39, 0.29) is 16.9 Å². The minimum Gasteiger partial charge on any atom is -0.444 e. The normalized spacial score (nSPS) is 10.8. The molecule has 3 aromatic carbocycles. The highest BCUT2D eigenvalue weighted by atomic mass is 127. The van der Waals surface area contributed by atoms with Gasteiger partial charge in [-0.15, -0.1) is 0 Å². The third-order valence-electron chi connectivity index (χ3n) is 4.43. The summed E-state index contributed by atoms with van der Waals surface area (Å²) in [5, 5.41) is 2.76. The molecule has 0 saturated carbocycles. The standard InChI is InChI=1S/C26H24FIN2O4S2/c1-26(2,3)34-23(31)29-16-17-4-10-20(11-5-17)30(24(35)32-21-12-6-18(27)7-13-21)25(36)33-22-14-8-19(28)9-15-22/h4-15H,16H2,1-3H3,(H,29,31). The van der Waals surface area contributed by atoms with E-state index in [0.717, 1.165) is 9.13 Å². The summed E-state index contributed by atoms with van der Waals surface area (Å²) in [6.45, 7) is 5.67. The van der Waals surface area contributed by atoms with E-state index in [2.05, 4.69) is 27.9 Å². The number of halogens is 2. The Kier molecular flexibility index (Phi) is 9.57. The number of thiocarbonyl (C=S) groups is 2. The number of nitrogens with zero attached hydrogens (tertiary/aromatic N) is 1. The molecule has 0 atom stereocenters. The van der Waals surface area contributed by atoms with E-state index in [4.69, 9.17) is 38.6 Å². The van der Waals surface area contributed by atoms with Gasteiger partial charge in [0.05, 0.1) is 5.69 Å². The number of carbonyl (C=O) groups excluding carboxylic acids is 1. The van der Waals surface area contributed by atoms with Crippen LogP contribution in [0.5, 0.6) is 11.5 Å². The Morgan fingerprint density at radius 2 is 1.39 bits per heavy atom. The summed E-state index contributed by atoms with van der Waals surface area (Å²) in [5.74, 6) is 0.494. The fraction of sp³-hybridized carbons (Fsp3) is 0.192. The maximum Gasteiger partial charge on any atom is 0.407 e. The van der Waals surface area contributed by atoms with E-state index in [1.807, 2.05) is 24.3 Å². The molecule has 0 saturated heterocycles. The second kappa shape index (κ2) is 12.4. The van der Waals surface area contributed by atoms with Crippen LogP contribution in [-0.2, 0) is 11.3 Å². The molecule has 36 heavy (non-hydrogen) atoms.